The topological polar surface area (TPSA) is 102 Å². The number of quaternary nitrogens is 1. The standard InChI is InChI=1S/C22H29N3O3S3/c1-12(21(2,3)19-25-22(4,11-31-19)20(27)28)14-9-30-18(23-14)15-10-29-17(24-15)13-7-5-6-8-16(13)26/h5-8,12,14-15,18,23,26H,9-11H2,1-4H3,(H,27,28). The van der Waals surface area contributed by atoms with Gasteiger partial charge in [0.25, 0.3) is 0 Å². The number of carboxylic acid groups (broad SMARTS) is 1. The second kappa shape index (κ2) is 8.65. The number of aliphatic carboxylic acids is 1. The summed E-state index contributed by atoms with van der Waals surface area (Å²) in [4.78, 5) is 21.0. The maximum absolute atomic E-state index is 11.5. The van der Waals surface area contributed by atoms with Crippen LogP contribution in [0.4, 0.5) is 0 Å². The Bertz CT molecular complexity index is 936. The van der Waals surface area contributed by atoms with Crippen LogP contribution in [-0.2, 0) is 4.79 Å². The summed E-state index contributed by atoms with van der Waals surface area (Å²) in [5.74, 6) is 1.91. The molecular weight excluding hydrogens is 450 g/mol. The molecule has 1 aromatic carbocycles. The third-order valence-electron chi connectivity index (χ3n) is 6.72. The molecule has 0 radical (unpaired) electrons. The van der Waals surface area contributed by atoms with Gasteiger partial charge in [-0.1, -0.05) is 44.7 Å². The van der Waals surface area contributed by atoms with Crippen LogP contribution >= 0.6 is 35.3 Å². The van der Waals surface area contributed by atoms with E-state index in [0.717, 1.165) is 27.2 Å². The Morgan fingerprint density at radius 2 is 2.06 bits per heavy atom. The predicted octanol–water partition coefficient (Wildman–Crippen LogP) is 1.58. The average molecular weight is 480 g/mol. The molecule has 5 atom stereocenters. The van der Waals surface area contributed by atoms with Gasteiger partial charge in [0.05, 0.1) is 22.8 Å². The van der Waals surface area contributed by atoms with Gasteiger partial charge in [-0.05, 0) is 19.1 Å². The molecule has 168 valence electrons. The fourth-order valence-corrected chi connectivity index (χ4v) is 8.38. The van der Waals surface area contributed by atoms with Crippen LogP contribution in [0.15, 0.2) is 34.3 Å². The summed E-state index contributed by atoms with van der Waals surface area (Å²) in [6.07, 6.45) is 0. The Hall–Kier alpha value is -1.16. The number of hydrogen-bond acceptors (Lipinski definition) is 8. The van der Waals surface area contributed by atoms with Crippen molar-refractivity contribution in [2.75, 3.05) is 17.3 Å². The third kappa shape index (κ3) is 4.38. The van der Waals surface area contributed by atoms with Crippen LogP contribution in [0.3, 0.4) is 0 Å². The molecule has 0 amide bonds. The molecule has 9 heteroatoms. The largest absolute Gasteiger partial charge is 0.547 e. The normalized spacial score (nSPS) is 32.1. The Morgan fingerprint density at radius 1 is 1.32 bits per heavy atom. The summed E-state index contributed by atoms with van der Waals surface area (Å²) >= 11 is 5.22. The minimum Gasteiger partial charge on any atom is -0.547 e. The summed E-state index contributed by atoms with van der Waals surface area (Å²) in [5, 5.41) is 26.3. The lowest BCUT2D eigenvalue weighted by Crippen LogP contribution is -2.95. The van der Waals surface area contributed by atoms with Gasteiger partial charge in [0.15, 0.2) is 5.37 Å². The van der Waals surface area contributed by atoms with Crippen molar-refractivity contribution in [3.05, 3.63) is 29.8 Å². The number of thioether (sulfide) groups is 3. The van der Waals surface area contributed by atoms with Crippen LogP contribution in [-0.4, -0.2) is 61.4 Å². The van der Waals surface area contributed by atoms with Crippen molar-refractivity contribution in [1.82, 2.24) is 0 Å². The number of carbonyl (C=O) groups excluding carboxylic acids is 1. The number of hydrogen-bond donors (Lipinski definition) is 2. The molecule has 0 aliphatic carbocycles. The zero-order chi connectivity index (χ0) is 22.4. The fourth-order valence-electron chi connectivity index (χ4n) is 4.15. The molecule has 31 heavy (non-hydrogen) atoms. The molecule has 1 aromatic rings. The molecular formula is C22H29N3O3S3. The number of nitrogens with zero attached hydrogens (tertiary/aromatic N) is 2. The first-order valence-corrected chi connectivity index (χ1v) is 13.5. The monoisotopic (exact) mass is 479 g/mol. The lowest BCUT2D eigenvalue weighted by atomic mass is 9.76. The molecule has 6 nitrogen and oxygen atoms in total. The molecule has 1 saturated heterocycles. The molecule has 3 N–H and O–H groups in total. The summed E-state index contributed by atoms with van der Waals surface area (Å²) in [6, 6.07) is 8.01. The first-order chi connectivity index (χ1) is 14.6. The van der Waals surface area contributed by atoms with Gasteiger partial charge < -0.3 is 20.3 Å². The van der Waals surface area contributed by atoms with Crippen molar-refractivity contribution in [2.45, 2.75) is 50.7 Å². The Labute approximate surface area is 196 Å². The van der Waals surface area contributed by atoms with E-state index >= 15 is 0 Å². The molecule has 0 bridgehead atoms. The van der Waals surface area contributed by atoms with Crippen LogP contribution in [0, 0.1) is 11.3 Å². The summed E-state index contributed by atoms with van der Waals surface area (Å²) < 4.78 is 0. The zero-order valence-electron chi connectivity index (χ0n) is 18.2. The van der Waals surface area contributed by atoms with E-state index in [1.165, 1.54) is 0 Å². The van der Waals surface area contributed by atoms with Crippen LogP contribution in [0.25, 0.3) is 0 Å². The Morgan fingerprint density at radius 3 is 2.74 bits per heavy atom. The first kappa shape index (κ1) is 23.0. The van der Waals surface area contributed by atoms with Crippen molar-refractivity contribution in [1.29, 1.82) is 0 Å². The number of phenolic OH excluding ortho intramolecular Hbond substituents is 1. The quantitative estimate of drug-likeness (QED) is 0.642. The second-order valence-corrected chi connectivity index (χ2v) is 12.4. The van der Waals surface area contributed by atoms with Crippen LogP contribution in [0.1, 0.15) is 33.3 Å². The maximum Gasteiger partial charge on any atom is 0.156 e. The van der Waals surface area contributed by atoms with Gasteiger partial charge in [-0.15, -0.1) is 23.5 Å². The molecule has 3 aliphatic heterocycles. The number of carbonyl (C=O) groups is 1. The molecule has 0 aromatic heterocycles. The van der Waals surface area contributed by atoms with Gasteiger partial charge in [0, 0.05) is 28.4 Å². The second-order valence-electron chi connectivity index (χ2n) is 9.26. The van der Waals surface area contributed by atoms with E-state index in [2.05, 4.69) is 31.1 Å². The highest BCUT2D eigenvalue weighted by atomic mass is 32.2. The van der Waals surface area contributed by atoms with Crippen molar-refractivity contribution in [3.63, 3.8) is 0 Å². The lowest BCUT2D eigenvalue weighted by molar-refractivity contribution is -0.698. The molecule has 1 fully saturated rings. The smallest absolute Gasteiger partial charge is 0.156 e. The minimum absolute atomic E-state index is 0.205. The predicted molar refractivity (Wildman–Crippen MR) is 129 cm³/mol. The van der Waals surface area contributed by atoms with E-state index in [1.807, 2.05) is 30.0 Å². The van der Waals surface area contributed by atoms with Gasteiger partial charge >= 0.3 is 0 Å². The molecule has 3 aliphatic rings. The van der Waals surface area contributed by atoms with Crippen molar-refractivity contribution in [2.24, 2.45) is 21.3 Å². The van der Waals surface area contributed by atoms with E-state index in [-0.39, 0.29) is 17.2 Å². The van der Waals surface area contributed by atoms with E-state index in [9.17, 15) is 15.0 Å². The van der Waals surface area contributed by atoms with Gasteiger partial charge in [0.2, 0.25) is 0 Å². The van der Waals surface area contributed by atoms with Crippen LogP contribution in [0.2, 0.25) is 0 Å². The number of nitrogens with two attached hydrogens (primary N) is 1. The highest BCUT2D eigenvalue weighted by Crippen LogP contribution is 2.42. The van der Waals surface area contributed by atoms with Crippen molar-refractivity contribution < 1.29 is 20.3 Å². The zero-order valence-corrected chi connectivity index (χ0v) is 20.6. The van der Waals surface area contributed by atoms with Crippen LogP contribution < -0.4 is 10.4 Å². The average Bonchev–Trinajstić information content (AvgIpc) is 3.47. The number of para-hydroxylation sites is 1. The number of aliphatic imine (C=N–C) groups is 2. The van der Waals surface area contributed by atoms with Crippen molar-refractivity contribution >= 4 is 51.3 Å². The highest BCUT2D eigenvalue weighted by Gasteiger charge is 2.47. The highest BCUT2D eigenvalue weighted by molar-refractivity contribution is 8.15. The minimum atomic E-state index is -1.12. The molecule has 5 unspecified atom stereocenters. The van der Waals surface area contributed by atoms with Gasteiger partial charge in [-0.2, -0.15) is 0 Å². The van der Waals surface area contributed by atoms with Gasteiger partial charge in [-0.25, -0.2) is 0 Å². The van der Waals surface area contributed by atoms with Crippen LogP contribution in [0.5, 0.6) is 5.75 Å². The van der Waals surface area contributed by atoms with Gasteiger partial charge in [-0.3, -0.25) is 9.98 Å². The molecule has 0 saturated carbocycles. The number of benzene rings is 1. The Balaban J connectivity index is 1.43. The number of aromatic hydroxyl groups is 1. The number of rotatable bonds is 6. The Kier molecular flexibility index (Phi) is 6.42. The van der Waals surface area contributed by atoms with E-state index in [4.69, 9.17) is 4.99 Å². The molecule has 4 rings (SSSR count). The summed E-state index contributed by atoms with van der Waals surface area (Å²) in [5.41, 5.74) is -0.511. The first-order valence-electron chi connectivity index (χ1n) is 10.5. The number of carboxylic acids is 1. The van der Waals surface area contributed by atoms with Gasteiger partial charge in [0.1, 0.15) is 22.4 Å². The third-order valence-corrected chi connectivity index (χ3v) is 10.9. The van der Waals surface area contributed by atoms with E-state index in [0.29, 0.717) is 23.1 Å². The summed E-state index contributed by atoms with van der Waals surface area (Å²) in [7, 11) is 0. The SMILES string of the molecule is CC(C1CSC(C2CSC(c3ccccc3O)=N2)[NH2+]1)C(C)(C)C1=NC(C)(C(=O)[O-])CS1. The fraction of sp³-hybridized carbons (Fsp3) is 0.591. The molecule has 3 heterocycles. The lowest BCUT2D eigenvalue weighted by Gasteiger charge is -2.34. The van der Waals surface area contributed by atoms with Crippen molar-refractivity contribution in [3.8, 4) is 5.75 Å². The van der Waals surface area contributed by atoms with E-state index < -0.39 is 11.5 Å². The van der Waals surface area contributed by atoms with E-state index in [1.54, 1.807) is 36.5 Å². The number of phenols is 1. The maximum atomic E-state index is 11.5. The molecule has 0 spiro atoms. The summed E-state index contributed by atoms with van der Waals surface area (Å²) in [6.45, 7) is 8.25.